The van der Waals surface area contributed by atoms with E-state index in [0.29, 0.717) is 4.60 Å². The lowest BCUT2D eigenvalue weighted by atomic mass is 10.3. The minimum absolute atomic E-state index is 0.00627. The molecule has 18 heavy (non-hydrogen) atoms. The van der Waals surface area contributed by atoms with Crippen molar-refractivity contribution < 1.29 is 8.42 Å². The second kappa shape index (κ2) is 4.91. The highest BCUT2D eigenvalue weighted by molar-refractivity contribution is 9.10. The first-order chi connectivity index (χ1) is 8.49. The molecule has 0 aliphatic heterocycles. The number of nitrogens with zero attached hydrogens (tertiary/aromatic N) is 2. The molecule has 8 heteroatoms. The summed E-state index contributed by atoms with van der Waals surface area (Å²) < 4.78 is 26.9. The molecule has 1 heterocycles. The minimum Gasteiger partial charge on any atom is -0.398 e. The zero-order chi connectivity index (χ0) is 13.2. The molecule has 1 aromatic carbocycles. The molecule has 0 bridgehead atoms. The molecule has 94 valence electrons. The number of hydrogen-bond acceptors (Lipinski definition) is 5. The minimum atomic E-state index is -3.76. The smallest absolute Gasteiger partial charge is 0.265 e. The van der Waals surface area contributed by atoms with Gasteiger partial charge in [0.05, 0.1) is 18.1 Å². The molecule has 0 fully saturated rings. The highest BCUT2D eigenvalue weighted by Crippen LogP contribution is 2.20. The van der Waals surface area contributed by atoms with Gasteiger partial charge in [-0.1, -0.05) is 12.1 Å². The Kier molecular flexibility index (Phi) is 3.48. The summed E-state index contributed by atoms with van der Waals surface area (Å²) in [5, 5.41) is 0. The maximum atomic E-state index is 12.1. The van der Waals surface area contributed by atoms with Gasteiger partial charge in [0.25, 0.3) is 10.0 Å². The van der Waals surface area contributed by atoms with Crippen LogP contribution in [0.1, 0.15) is 0 Å². The maximum Gasteiger partial charge on any atom is 0.265 e. The molecule has 1 aromatic heterocycles. The number of rotatable bonds is 3. The fourth-order valence-corrected chi connectivity index (χ4v) is 2.74. The first-order valence-corrected chi connectivity index (χ1v) is 7.11. The number of hydrogen-bond donors (Lipinski definition) is 2. The van der Waals surface area contributed by atoms with E-state index in [1.54, 1.807) is 12.1 Å². The van der Waals surface area contributed by atoms with E-state index in [0.717, 1.165) is 0 Å². The van der Waals surface area contributed by atoms with Crippen molar-refractivity contribution in [1.82, 2.24) is 9.97 Å². The second-order valence-electron chi connectivity index (χ2n) is 3.37. The first-order valence-electron chi connectivity index (χ1n) is 4.84. The largest absolute Gasteiger partial charge is 0.398 e. The van der Waals surface area contributed by atoms with Gasteiger partial charge in [-0.2, -0.15) is 0 Å². The molecule has 0 radical (unpaired) electrons. The van der Waals surface area contributed by atoms with Crippen molar-refractivity contribution in [3.8, 4) is 0 Å². The number of para-hydroxylation sites is 1. The Balaban J connectivity index is 2.37. The number of nitrogens with one attached hydrogen (secondary N) is 1. The Labute approximate surface area is 112 Å². The third-order valence-corrected chi connectivity index (χ3v) is 3.86. The van der Waals surface area contributed by atoms with E-state index < -0.39 is 10.0 Å². The number of nitrogen functional groups attached to an aromatic ring is 1. The van der Waals surface area contributed by atoms with Gasteiger partial charge in [0.15, 0.2) is 5.82 Å². The number of sulfonamides is 1. The van der Waals surface area contributed by atoms with Crippen LogP contribution in [0.4, 0.5) is 11.5 Å². The van der Waals surface area contributed by atoms with Gasteiger partial charge in [-0.05, 0) is 28.1 Å². The number of benzene rings is 1. The van der Waals surface area contributed by atoms with Crippen LogP contribution in [0.15, 0.2) is 46.2 Å². The summed E-state index contributed by atoms with van der Waals surface area (Å²) in [5.74, 6) is 0.118. The van der Waals surface area contributed by atoms with Crippen LogP contribution in [0.25, 0.3) is 0 Å². The molecular weight excluding hydrogens is 320 g/mol. The van der Waals surface area contributed by atoms with Gasteiger partial charge < -0.3 is 5.73 Å². The van der Waals surface area contributed by atoms with Crippen LogP contribution in [0.5, 0.6) is 0 Å². The number of nitrogens with two attached hydrogens (primary N) is 1. The molecule has 0 aliphatic rings. The summed E-state index contributed by atoms with van der Waals surface area (Å²) in [6.07, 6.45) is 2.76. The summed E-state index contributed by atoms with van der Waals surface area (Å²) in [6, 6.07) is 6.19. The number of anilines is 2. The standard InChI is InChI=1S/C10H9BrN4O2S/c11-9-5-13-6-10(14-9)15-18(16,17)8-4-2-1-3-7(8)12/h1-6H,12H2,(H,14,15). The Hall–Kier alpha value is -1.67. The van der Waals surface area contributed by atoms with Crippen molar-refractivity contribution in [1.29, 1.82) is 0 Å². The Bertz CT molecular complexity index is 675. The van der Waals surface area contributed by atoms with Gasteiger partial charge in [0.2, 0.25) is 0 Å². The molecule has 0 atom stereocenters. The van der Waals surface area contributed by atoms with E-state index in [1.807, 2.05) is 0 Å². The molecule has 0 saturated carbocycles. The van der Waals surface area contributed by atoms with Crippen molar-refractivity contribution in [3.63, 3.8) is 0 Å². The van der Waals surface area contributed by atoms with Crippen LogP contribution in [-0.4, -0.2) is 18.4 Å². The highest BCUT2D eigenvalue weighted by Gasteiger charge is 2.17. The lowest BCUT2D eigenvalue weighted by molar-refractivity contribution is 0.601. The Morgan fingerprint density at radius 3 is 2.61 bits per heavy atom. The normalized spacial score (nSPS) is 11.2. The zero-order valence-corrected chi connectivity index (χ0v) is 11.4. The molecule has 0 saturated heterocycles. The SMILES string of the molecule is Nc1ccccc1S(=O)(=O)Nc1cncc(Br)n1. The predicted molar refractivity (Wildman–Crippen MR) is 71.4 cm³/mol. The van der Waals surface area contributed by atoms with Crippen LogP contribution in [0.2, 0.25) is 0 Å². The van der Waals surface area contributed by atoms with Crippen LogP contribution >= 0.6 is 15.9 Å². The van der Waals surface area contributed by atoms with Gasteiger partial charge in [-0.15, -0.1) is 0 Å². The fraction of sp³-hybridized carbons (Fsp3) is 0. The van der Waals surface area contributed by atoms with E-state index in [1.165, 1.54) is 24.5 Å². The van der Waals surface area contributed by atoms with Crippen molar-refractivity contribution in [2.45, 2.75) is 4.90 Å². The summed E-state index contributed by atoms with van der Waals surface area (Å²) in [6.45, 7) is 0. The average Bonchev–Trinajstić information content (AvgIpc) is 2.28. The third kappa shape index (κ3) is 2.77. The Morgan fingerprint density at radius 1 is 1.22 bits per heavy atom. The molecule has 0 aliphatic carbocycles. The van der Waals surface area contributed by atoms with Gasteiger partial charge in [-0.3, -0.25) is 9.71 Å². The maximum absolute atomic E-state index is 12.1. The van der Waals surface area contributed by atoms with Gasteiger partial charge in [0.1, 0.15) is 9.50 Å². The molecule has 3 N–H and O–H groups in total. The van der Waals surface area contributed by atoms with Crippen molar-refractivity contribution in [2.75, 3.05) is 10.5 Å². The van der Waals surface area contributed by atoms with Gasteiger partial charge in [0, 0.05) is 0 Å². The van der Waals surface area contributed by atoms with Crippen molar-refractivity contribution in [2.24, 2.45) is 0 Å². The lowest BCUT2D eigenvalue weighted by Gasteiger charge is -2.08. The molecule has 0 unspecified atom stereocenters. The molecule has 2 rings (SSSR count). The zero-order valence-electron chi connectivity index (χ0n) is 9.04. The van der Waals surface area contributed by atoms with Crippen LogP contribution in [0.3, 0.4) is 0 Å². The second-order valence-corrected chi connectivity index (χ2v) is 5.83. The van der Waals surface area contributed by atoms with Gasteiger partial charge in [-0.25, -0.2) is 13.4 Å². The first kappa shape index (κ1) is 12.8. The summed E-state index contributed by atoms with van der Waals surface area (Å²) >= 11 is 3.11. The molecule has 0 amide bonds. The van der Waals surface area contributed by atoms with Gasteiger partial charge >= 0.3 is 0 Å². The summed E-state index contributed by atoms with van der Waals surface area (Å²) in [7, 11) is -3.76. The third-order valence-electron chi connectivity index (χ3n) is 2.05. The molecule has 6 nitrogen and oxygen atoms in total. The fourth-order valence-electron chi connectivity index (χ4n) is 1.31. The molecule has 2 aromatic rings. The molecular formula is C10H9BrN4O2S. The van der Waals surface area contributed by atoms with E-state index in [-0.39, 0.29) is 16.4 Å². The number of halogens is 1. The topological polar surface area (TPSA) is 98.0 Å². The van der Waals surface area contributed by atoms with E-state index in [2.05, 4.69) is 30.6 Å². The van der Waals surface area contributed by atoms with Crippen LogP contribution in [-0.2, 0) is 10.0 Å². The number of aromatic nitrogens is 2. The molecule has 0 spiro atoms. The van der Waals surface area contributed by atoms with E-state index in [9.17, 15) is 8.42 Å². The van der Waals surface area contributed by atoms with Crippen molar-refractivity contribution >= 4 is 37.5 Å². The van der Waals surface area contributed by atoms with Crippen LogP contribution < -0.4 is 10.5 Å². The monoisotopic (exact) mass is 328 g/mol. The lowest BCUT2D eigenvalue weighted by Crippen LogP contribution is -2.15. The van der Waals surface area contributed by atoms with E-state index in [4.69, 9.17) is 5.73 Å². The highest BCUT2D eigenvalue weighted by atomic mass is 79.9. The van der Waals surface area contributed by atoms with Crippen LogP contribution in [0, 0.1) is 0 Å². The summed E-state index contributed by atoms with van der Waals surface area (Å²) in [4.78, 5) is 7.76. The van der Waals surface area contributed by atoms with E-state index >= 15 is 0 Å². The Morgan fingerprint density at radius 2 is 1.94 bits per heavy atom. The quantitative estimate of drug-likeness (QED) is 0.834. The predicted octanol–water partition coefficient (Wildman–Crippen LogP) is 1.62. The summed E-state index contributed by atoms with van der Waals surface area (Å²) in [5.41, 5.74) is 5.80. The average molecular weight is 329 g/mol. The van der Waals surface area contributed by atoms with Crippen molar-refractivity contribution in [3.05, 3.63) is 41.3 Å².